The van der Waals surface area contributed by atoms with E-state index < -0.39 is 0 Å². The van der Waals surface area contributed by atoms with Crippen molar-refractivity contribution in [3.8, 4) is 0 Å². The fraction of sp³-hybridized carbons (Fsp3) is 1.00. The second-order valence-corrected chi connectivity index (χ2v) is 3.12. The molecule has 0 aromatic rings. The number of rotatable bonds is 3. The lowest BCUT2D eigenvalue weighted by Gasteiger charge is -2.14. The first-order valence-corrected chi connectivity index (χ1v) is 4.29. The molecule has 0 aliphatic rings. The molecule has 0 bridgehead atoms. The lowest BCUT2D eigenvalue weighted by Crippen LogP contribution is -2.27. The third-order valence-electron chi connectivity index (χ3n) is 1.29. The van der Waals surface area contributed by atoms with Crippen LogP contribution in [0.15, 0.2) is 0 Å². The van der Waals surface area contributed by atoms with Gasteiger partial charge in [-0.3, -0.25) is 0 Å². The van der Waals surface area contributed by atoms with Gasteiger partial charge in [0.05, 0.1) is 0 Å². The van der Waals surface area contributed by atoms with Gasteiger partial charge in [-0.1, -0.05) is 6.92 Å². The van der Waals surface area contributed by atoms with E-state index in [1.165, 1.54) is 6.42 Å². The molecule has 0 amide bonds. The standard InChI is InChI=1S/C6H15NS/c1-4-6(8-3)5(2)7/h5-6H,4,7H2,1-3H3. The van der Waals surface area contributed by atoms with Crippen molar-refractivity contribution in [2.45, 2.75) is 31.6 Å². The van der Waals surface area contributed by atoms with Gasteiger partial charge in [0.2, 0.25) is 0 Å². The van der Waals surface area contributed by atoms with Crippen molar-refractivity contribution in [3.05, 3.63) is 0 Å². The Labute approximate surface area is 56.0 Å². The quantitative estimate of drug-likeness (QED) is 0.631. The lowest BCUT2D eigenvalue weighted by molar-refractivity contribution is 0.672. The maximum atomic E-state index is 5.64. The largest absolute Gasteiger partial charge is 0.327 e. The molecule has 0 aromatic heterocycles. The van der Waals surface area contributed by atoms with Crippen LogP contribution in [0.1, 0.15) is 20.3 Å². The first-order chi connectivity index (χ1) is 3.72. The summed E-state index contributed by atoms with van der Waals surface area (Å²) in [4.78, 5) is 0. The summed E-state index contributed by atoms with van der Waals surface area (Å²) in [5.74, 6) is 0. The molecule has 8 heavy (non-hydrogen) atoms. The molecule has 0 aromatic carbocycles. The van der Waals surface area contributed by atoms with Crippen LogP contribution in [0.3, 0.4) is 0 Å². The molecule has 0 radical (unpaired) electrons. The summed E-state index contributed by atoms with van der Waals surface area (Å²) in [6, 6.07) is 0.343. The van der Waals surface area contributed by atoms with Crippen molar-refractivity contribution in [1.82, 2.24) is 0 Å². The summed E-state index contributed by atoms with van der Waals surface area (Å²) < 4.78 is 0. The topological polar surface area (TPSA) is 26.0 Å². The minimum absolute atomic E-state index is 0.343. The van der Waals surface area contributed by atoms with Crippen LogP contribution in [-0.4, -0.2) is 17.5 Å². The van der Waals surface area contributed by atoms with Crippen LogP contribution in [0.2, 0.25) is 0 Å². The fourth-order valence-electron chi connectivity index (χ4n) is 0.753. The SMILES string of the molecule is CCC(SC)C(C)N. The van der Waals surface area contributed by atoms with Gasteiger partial charge in [0, 0.05) is 11.3 Å². The molecule has 0 saturated carbocycles. The maximum Gasteiger partial charge on any atom is 0.0190 e. The Hall–Kier alpha value is 0.310. The van der Waals surface area contributed by atoms with E-state index in [0.717, 1.165) is 0 Å². The molecule has 2 heteroatoms. The predicted octanol–water partition coefficient (Wildman–Crippen LogP) is 1.48. The van der Waals surface area contributed by atoms with E-state index >= 15 is 0 Å². The Morgan fingerprint density at radius 2 is 2.12 bits per heavy atom. The van der Waals surface area contributed by atoms with Crippen molar-refractivity contribution in [2.75, 3.05) is 6.26 Å². The Bertz CT molecular complexity index is 50.5. The van der Waals surface area contributed by atoms with Crippen LogP contribution < -0.4 is 5.73 Å². The van der Waals surface area contributed by atoms with Crippen LogP contribution >= 0.6 is 11.8 Å². The zero-order valence-electron chi connectivity index (χ0n) is 5.85. The second kappa shape index (κ2) is 4.21. The molecule has 1 nitrogen and oxygen atoms in total. The van der Waals surface area contributed by atoms with E-state index in [1.807, 2.05) is 11.8 Å². The average molecular weight is 133 g/mol. The van der Waals surface area contributed by atoms with E-state index in [1.54, 1.807) is 0 Å². The summed E-state index contributed by atoms with van der Waals surface area (Å²) in [6.45, 7) is 4.23. The molecule has 0 spiro atoms. The highest BCUT2D eigenvalue weighted by atomic mass is 32.2. The smallest absolute Gasteiger partial charge is 0.0190 e. The zero-order chi connectivity index (χ0) is 6.57. The summed E-state index contributed by atoms with van der Waals surface area (Å²) in [7, 11) is 0. The lowest BCUT2D eigenvalue weighted by atomic mass is 10.2. The van der Waals surface area contributed by atoms with E-state index in [9.17, 15) is 0 Å². The van der Waals surface area contributed by atoms with Gasteiger partial charge < -0.3 is 5.73 Å². The molecule has 0 heterocycles. The van der Waals surface area contributed by atoms with E-state index in [-0.39, 0.29) is 0 Å². The Kier molecular flexibility index (Phi) is 4.38. The Balaban J connectivity index is 3.35. The van der Waals surface area contributed by atoms with E-state index in [2.05, 4.69) is 20.1 Å². The predicted molar refractivity (Wildman–Crippen MR) is 41.2 cm³/mol. The van der Waals surface area contributed by atoms with Gasteiger partial charge in [0.1, 0.15) is 0 Å². The highest BCUT2D eigenvalue weighted by molar-refractivity contribution is 7.99. The third-order valence-corrected chi connectivity index (χ3v) is 2.66. The molecule has 50 valence electrons. The van der Waals surface area contributed by atoms with Gasteiger partial charge in [0.15, 0.2) is 0 Å². The minimum atomic E-state index is 0.343. The van der Waals surface area contributed by atoms with Gasteiger partial charge >= 0.3 is 0 Å². The normalized spacial score (nSPS) is 18.0. The average Bonchev–Trinajstić information content (AvgIpc) is 1.69. The summed E-state index contributed by atoms with van der Waals surface area (Å²) in [6.07, 6.45) is 3.29. The maximum absolute atomic E-state index is 5.64. The van der Waals surface area contributed by atoms with Crippen LogP contribution in [-0.2, 0) is 0 Å². The van der Waals surface area contributed by atoms with Gasteiger partial charge in [-0.25, -0.2) is 0 Å². The van der Waals surface area contributed by atoms with Gasteiger partial charge in [-0.15, -0.1) is 0 Å². The van der Waals surface area contributed by atoms with Crippen LogP contribution in [0.25, 0.3) is 0 Å². The first-order valence-electron chi connectivity index (χ1n) is 3.00. The molecular formula is C6H15NS. The van der Waals surface area contributed by atoms with Gasteiger partial charge in [-0.2, -0.15) is 11.8 Å². The summed E-state index contributed by atoms with van der Waals surface area (Å²) >= 11 is 1.85. The van der Waals surface area contributed by atoms with Crippen molar-refractivity contribution >= 4 is 11.8 Å². The highest BCUT2D eigenvalue weighted by Gasteiger charge is 2.07. The summed E-state index contributed by atoms with van der Waals surface area (Å²) in [5.41, 5.74) is 5.64. The van der Waals surface area contributed by atoms with Gasteiger partial charge in [0.25, 0.3) is 0 Å². The molecule has 0 rings (SSSR count). The van der Waals surface area contributed by atoms with Crippen LogP contribution in [0.5, 0.6) is 0 Å². The molecule has 0 aliphatic carbocycles. The molecule has 2 N–H and O–H groups in total. The number of thioether (sulfide) groups is 1. The molecule has 0 saturated heterocycles. The van der Waals surface area contributed by atoms with E-state index in [0.29, 0.717) is 11.3 Å². The monoisotopic (exact) mass is 133 g/mol. The molecule has 0 fully saturated rings. The Morgan fingerprint density at radius 1 is 1.62 bits per heavy atom. The second-order valence-electron chi connectivity index (χ2n) is 2.04. The first kappa shape index (κ1) is 8.31. The zero-order valence-corrected chi connectivity index (χ0v) is 6.66. The van der Waals surface area contributed by atoms with Crippen LogP contribution in [0, 0.1) is 0 Å². The minimum Gasteiger partial charge on any atom is -0.327 e. The molecule has 0 aliphatic heterocycles. The van der Waals surface area contributed by atoms with Crippen LogP contribution in [0.4, 0.5) is 0 Å². The number of hydrogen-bond donors (Lipinski definition) is 1. The van der Waals surface area contributed by atoms with Crippen molar-refractivity contribution in [1.29, 1.82) is 0 Å². The van der Waals surface area contributed by atoms with Crippen molar-refractivity contribution in [2.24, 2.45) is 5.73 Å². The molecule has 2 unspecified atom stereocenters. The van der Waals surface area contributed by atoms with Crippen molar-refractivity contribution in [3.63, 3.8) is 0 Å². The molecular weight excluding hydrogens is 118 g/mol. The fourth-order valence-corrected chi connectivity index (χ4v) is 1.52. The van der Waals surface area contributed by atoms with E-state index in [4.69, 9.17) is 5.73 Å². The molecule has 2 atom stereocenters. The number of hydrogen-bond acceptors (Lipinski definition) is 2. The van der Waals surface area contributed by atoms with Crippen molar-refractivity contribution < 1.29 is 0 Å². The Morgan fingerprint density at radius 3 is 2.12 bits per heavy atom. The van der Waals surface area contributed by atoms with Gasteiger partial charge in [-0.05, 0) is 19.6 Å². The summed E-state index contributed by atoms with van der Waals surface area (Å²) in [5, 5.41) is 0.648. The highest BCUT2D eigenvalue weighted by Crippen LogP contribution is 2.12. The third kappa shape index (κ3) is 2.58. The number of nitrogens with two attached hydrogens (primary N) is 1.